The predicted octanol–water partition coefficient (Wildman–Crippen LogP) is 1.61. The number of rotatable bonds is 4. The zero-order chi connectivity index (χ0) is 15.0. The Hall–Kier alpha value is -2.56. The van der Waals surface area contributed by atoms with Gasteiger partial charge < -0.3 is 15.3 Å². The monoisotopic (exact) mass is 284 g/mol. The third-order valence-corrected chi connectivity index (χ3v) is 3.92. The summed E-state index contributed by atoms with van der Waals surface area (Å²) in [6.45, 7) is 4.53. The van der Waals surface area contributed by atoms with Gasteiger partial charge in [-0.2, -0.15) is 0 Å². The quantitative estimate of drug-likeness (QED) is 0.824. The number of carbonyl (C=O) groups excluding carboxylic acids is 2. The molecule has 0 bridgehead atoms. The van der Waals surface area contributed by atoms with E-state index in [1.54, 1.807) is 6.08 Å². The number of ketones is 1. The molecule has 21 heavy (non-hydrogen) atoms. The van der Waals surface area contributed by atoms with Gasteiger partial charge in [-0.1, -0.05) is 24.3 Å². The third kappa shape index (κ3) is 2.11. The van der Waals surface area contributed by atoms with Crippen molar-refractivity contribution in [1.29, 1.82) is 0 Å². The molecule has 0 aliphatic carbocycles. The number of Topliss-reactive ketones (excluding diaryl/α,β-unsaturated/α-hetero) is 1. The van der Waals surface area contributed by atoms with E-state index in [0.29, 0.717) is 13.1 Å². The Balaban J connectivity index is 1.87. The molecule has 2 heterocycles. The standard InChI is InChI=1S/C16H16N2O3/c1-2-7-18-9-12(15(20)16(18)21)14(19)11-8-17-13-6-4-3-5-10(11)13/h2-6,11,17,20H,1,7-9H2. The highest BCUT2D eigenvalue weighted by atomic mass is 16.3. The summed E-state index contributed by atoms with van der Waals surface area (Å²) in [5.41, 5.74) is 2.05. The number of aliphatic hydroxyl groups excluding tert-OH is 1. The van der Waals surface area contributed by atoms with Crippen LogP contribution in [0.2, 0.25) is 0 Å². The van der Waals surface area contributed by atoms with Crippen molar-refractivity contribution in [3.63, 3.8) is 0 Å². The van der Waals surface area contributed by atoms with Gasteiger partial charge in [0, 0.05) is 18.8 Å². The Kier molecular flexibility index (Phi) is 3.25. The number of benzene rings is 1. The van der Waals surface area contributed by atoms with Crippen LogP contribution in [0.3, 0.4) is 0 Å². The first kappa shape index (κ1) is 13.4. The van der Waals surface area contributed by atoms with Crippen molar-refractivity contribution in [1.82, 2.24) is 4.90 Å². The number of carbonyl (C=O) groups is 2. The molecule has 1 amide bonds. The summed E-state index contributed by atoms with van der Waals surface area (Å²) in [4.78, 5) is 25.9. The molecule has 0 saturated heterocycles. The average Bonchev–Trinajstić information content (AvgIpc) is 3.04. The third-order valence-electron chi connectivity index (χ3n) is 3.92. The summed E-state index contributed by atoms with van der Waals surface area (Å²) in [5, 5.41) is 13.1. The number of para-hydroxylation sites is 1. The van der Waals surface area contributed by atoms with Crippen molar-refractivity contribution in [2.75, 3.05) is 25.0 Å². The summed E-state index contributed by atoms with van der Waals surface area (Å²) in [5.74, 6) is -1.47. The largest absolute Gasteiger partial charge is 0.503 e. The molecular weight excluding hydrogens is 268 g/mol. The number of fused-ring (bicyclic) bond motifs is 1. The number of nitrogens with zero attached hydrogens (tertiary/aromatic N) is 1. The second-order valence-corrected chi connectivity index (χ2v) is 5.19. The molecule has 3 rings (SSSR count). The van der Waals surface area contributed by atoms with Crippen LogP contribution in [0.25, 0.3) is 0 Å². The highest BCUT2D eigenvalue weighted by molar-refractivity contribution is 6.11. The normalized spacial score (nSPS) is 20.5. The maximum Gasteiger partial charge on any atom is 0.289 e. The van der Waals surface area contributed by atoms with Crippen molar-refractivity contribution in [2.24, 2.45) is 0 Å². The van der Waals surface area contributed by atoms with E-state index < -0.39 is 11.7 Å². The molecule has 1 aromatic carbocycles. The Labute approximate surface area is 122 Å². The van der Waals surface area contributed by atoms with Crippen LogP contribution in [0.15, 0.2) is 48.3 Å². The fourth-order valence-corrected chi connectivity index (χ4v) is 2.84. The van der Waals surface area contributed by atoms with Crippen LogP contribution in [-0.4, -0.2) is 41.3 Å². The number of aliphatic hydroxyl groups is 1. The number of nitrogens with one attached hydrogen (secondary N) is 1. The molecule has 2 N–H and O–H groups in total. The van der Waals surface area contributed by atoms with E-state index >= 15 is 0 Å². The lowest BCUT2D eigenvalue weighted by Crippen LogP contribution is -2.28. The van der Waals surface area contributed by atoms with Crippen molar-refractivity contribution in [3.05, 3.63) is 53.8 Å². The molecule has 5 nitrogen and oxygen atoms in total. The van der Waals surface area contributed by atoms with Crippen molar-refractivity contribution in [2.45, 2.75) is 5.92 Å². The molecule has 1 atom stereocenters. The SMILES string of the molecule is C=CCN1CC(C(=O)C2CNc3ccccc32)=C(O)C1=O. The molecule has 108 valence electrons. The van der Waals surface area contributed by atoms with E-state index in [1.807, 2.05) is 24.3 Å². The lowest BCUT2D eigenvalue weighted by molar-refractivity contribution is -0.127. The van der Waals surface area contributed by atoms with Crippen LogP contribution in [0.1, 0.15) is 11.5 Å². The molecule has 0 fully saturated rings. The second-order valence-electron chi connectivity index (χ2n) is 5.19. The number of hydrogen-bond donors (Lipinski definition) is 2. The Morgan fingerprint density at radius 3 is 3.00 bits per heavy atom. The highest BCUT2D eigenvalue weighted by Crippen LogP contribution is 2.34. The van der Waals surface area contributed by atoms with Crippen LogP contribution in [0.4, 0.5) is 5.69 Å². The predicted molar refractivity (Wildman–Crippen MR) is 79.1 cm³/mol. The Bertz CT molecular complexity index is 663. The van der Waals surface area contributed by atoms with E-state index in [9.17, 15) is 14.7 Å². The zero-order valence-electron chi connectivity index (χ0n) is 11.5. The van der Waals surface area contributed by atoms with Gasteiger partial charge in [-0.15, -0.1) is 6.58 Å². The maximum absolute atomic E-state index is 12.7. The van der Waals surface area contributed by atoms with Crippen LogP contribution in [-0.2, 0) is 9.59 Å². The first-order valence-electron chi connectivity index (χ1n) is 6.82. The summed E-state index contributed by atoms with van der Waals surface area (Å²) in [6, 6.07) is 7.60. The fourth-order valence-electron chi connectivity index (χ4n) is 2.84. The van der Waals surface area contributed by atoms with Crippen molar-refractivity contribution < 1.29 is 14.7 Å². The molecule has 1 unspecified atom stereocenters. The van der Waals surface area contributed by atoms with Gasteiger partial charge in [-0.3, -0.25) is 9.59 Å². The van der Waals surface area contributed by atoms with Gasteiger partial charge in [0.05, 0.1) is 18.0 Å². The van der Waals surface area contributed by atoms with Gasteiger partial charge in [0.2, 0.25) is 0 Å². The van der Waals surface area contributed by atoms with E-state index in [4.69, 9.17) is 0 Å². The highest BCUT2D eigenvalue weighted by Gasteiger charge is 2.38. The zero-order valence-corrected chi connectivity index (χ0v) is 11.5. The smallest absolute Gasteiger partial charge is 0.289 e. The lowest BCUT2D eigenvalue weighted by Gasteiger charge is -2.14. The molecule has 2 aliphatic heterocycles. The molecular formula is C16H16N2O3. The molecule has 0 saturated carbocycles. The van der Waals surface area contributed by atoms with Crippen molar-refractivity contribution in [3.8, 4) is 0 Å². The first-order valence-corrected chi connectivity index (χ1v) is 6.82. The summed E-state index contributed by atoms with van der Waals surface area (Å²) >= 11 is 0. The van der Waals surface area contributed by atoms with Gasteiger partial charge in [0.1, 0.15) is 0 Å². The minimum Gasteiger partial charge on any atom is -0.503 e. The van der Waals surface area contributed by atoms with Gasteiger partial charge in [0.25, 0.3) is 5.91 Å². The maximum atomic E-state index is 12.7. The van der Waals surface area contributed by atoms with Crippen LogP contribution in [0.5, 0.6) is 0 Å². The molecule has 0 radical (unpaired) electrons. The molecule has 0 aromatic heterocycles. The Morgan fingerprint density at radius 1 is 1.48 bits per heavy atom. The topological polar surface area (TPSA) is 69.6 Å². The molecule has 0 spiro atoms. The summed E-state index contributed by atoms with van der Waals surface area (Å²) in [6.07, 6.45) is 1.57. The van der Waals surface area contributed by atoms with Crippen LogP contribution < -0.4 is 5.32 Å². The first-order chi connectivity index (χ1) is 10.1. The Morgan fingerprint density at radius 2 is 2.24 bits per heavy atom. The number of amides is 1. The second kappa shape index (κ2) is 5.09. The van der Waals surface area contributed by atoms with E-state index in [1.165, 1.54) is 4.90 Å². The number of anilines is 1. The van der Waals surface area contributed by atoms with E-state index in [0.717, 1.165) is 11.3 Å². The molecule has 2 aliphatic rings. The summed E-state index contributed by atoms with van der Waals surface area (Å²) in [7, 11) is 0. The van der Waals surface area contributed by atoms with Gasteiger partial charge in [-0.25, -0.2) is 0 Å². The van der Waals surface area contributed by atoms with E-state index in [-0.39, 0.29) is 23.8 Å². The molecule has 1 aromatic rings. The summed E-state index contributed by atoms with van der Waals surface area (Å²) < 4.78 is 0. The fraction of sp³-hybridized carbons (Fsp3) is 0.250. The minimum atomic E-state index is -0.502. The van der Waals surface area contributed by atoms with Gasteiger partial charge >= 0.3 is 0 Å². The molecule has 5 heteroatoms. The van der Waals surface area contributed by atoms with Crippen LogP contribution >= 0.6 is 0 Å². The lowest BCUT2D eigenvalue weighted by atomic mass is 9.92. The van der Waals surface area contributed by atoms with Gasteiger partial charge in [-0.05, 0) is 11.6 Å². The van der Waals surface area contributed by atoms with Crippen molar-refractivity contribution >= 4 is 17.4 Å². The minimum absolute atomic E-state index is 0.147. The van der Waals surface area contributed by atoms with Crippen LogP contribution in [0, 0.1) is 0 Å². The van der Waals surface area contributed by atoms with Gasteiger partial charge in [0.15, 0.2) is 11.5 Å². The number of hydrogen-bond acceptors (Lipinski definition) is 4. The van der Waals surface area contributed by atoms with E-state index in [2.05, 4.69) is 11.9 Å². The average molecular weight is 284 g/mol.